The van der Waals surface area contributed by atoms with Crippen LogP contribution in [0.15, 0.2) is 39.6 Å². The first-order valence-electron chi connectivity index (χ1n) is 8.86. The predicted molar refractivity (Wildman–Crippen MR) is 103 cm³/mol. The minimum Gasteiger partial charge on any atom is -0.454 e. The van der Waals surface area contributed by atoms with Crippen molar-refractivity contribution in [2.75, 3.05) is 20.1 Å². The minimum absolute atomic E-state index is 0.0283. The van der Waals surface area contributed by atoms with E-state index in [4.69, 9.17) is 4.42 Å². The van der Waals surface area contributed by atoms with Crippen LogP contribution < -0.4 is 15.6 Å². The number of carbonyl (C=O) groups is 2. The molecular formula is C18H23FN4O5S. The molecule has 9 nitrogen and oxygen atoms in total. The topological polar surface area (TPSA) is 121 Å². The van der Waals surface area contributed by atoms with Crippen LogP contribution in [-0.2, 0) is 16.6 Å². The fourth-order valence-corrected chi connectivity index (χ4v) is 3.21. The van der Waals surface area contributed by atoms with Crippen LogP contribution in [0.2, 0.25) is 0 Å². The number of hydrogen-bond donors (Lipinski definition) is 3. The van der Waals surface area contributed by atoms with Gasteiger partial charge in [-0.15, -0.1) is 0 Å². The van der Waals surface area contributed by atoms with Crippen molar-refractivity contribution < 1.29 is 26.8 Å². The fourth-order valence-electron chi connectivity index (χ4n) is 2.46. The molecule has 1 heterocycles. The molecule has 0 unspecified atom stereocenters. The largest absolute Gasteiger partial charge is 0.454 e. The molecule has 29 heavy (non-hydrogen) atoms. The number of amides is 2. The minimum atomic E-state index is -3.86. The van der Waals surface area contributed by atoms with Crippen molar-refractivity contribution >= 4 is 21.8 Å². The van der Waals surface area contributed by atoms with Crippen LogP contribution in [0.4, 0.5) is 4.39 Å². The van der Waals surface area contributed by atoms with Crippen molar-refractivity contribution in [1.82, 2.24) is 20.5 Å². The highest BCUT2D eigenvalue weighted by atomic mass is 32.2. The van der Waals surface area contributed by atoms with Gasteiger partial charge in [-0.2, -0.15) is 0 Å². The normalized spacial score (nSPS) is 11.5. The summed E-state index contributed by atoms with van der Waals surface area (Å²) < 4.78 is 45.1. The zero-order valence-corrected chi connectivity index (χ0v) is 17.1. The average molecular weight is 426 g/mol. The van der Waals surface area contributed by atoms with Gasteiger partial charge in [0, 0.05) is 0 Å². The highest BCUT2D eigenvalue weighted by Crippen LogP contribution is 2.15. The molecule has 0 spiro atoms. The lowest BCUT2D eigenvalue weighted by molar-refractivity contribution is 0.0826. The van der Waals surface area contributed by atoms with E-state index in [1.165, 1.54) is 13.1 Å². The first-order chi connectivity index (χ1) is 13.7. The van der Waals surface area contributed by atoms with Gasteiger partial charge in [0.25, 0.3) is 5.91 Å². The number of carbonyl (C=O) groups excluding carboxylic acids is 2. The Morgan fingerprint density at radius 2 is 1.72 bits per heavy atom. The van der Waals surface area contributed by atoms with Crippen LogP contribution in [0.1, 0.15) is 40.5 Å². The number of sulfonamides is 1. The smallest absolute Gasteiger partial charge is 0.305 e. The predicted octanol–water partition coefficient (Wildman–Crippen LogP) is 1.24. The Balaban J connectivity index is 2.05. The van der Waals surface area contributed by atoms with Gasteiger partial charge in [-0.3, -0.25) is 25.3 Å². The Labute approximate surface area is 168 Å². The fraction of sp³-hybridized carbons (Fsp3) is 0.333. The standard InChI is InChI=1S/C18H23FN4O5S/c1-4-23(5-2)11-12-6-9-16(28-12)18(25)22-21-17(24)14-10-13(7-8-15(14)19)29(26,27)20-3/h6-10,20H,4-5,11H2,1-3H3,(H,21,24)(H,22,25). The molecule has 158 valence electrons. The van der Waals surface area contributed by atoms with Gasteiger partial charge in [0.2, 0.25) is 10.0 Å². The number of benzene rings is 1. The van der Waals surface area contributed by atoms with Gasteiger partial charge in [0.1, 0.15) is 11.6 Å². The van der Waals surface area contributed by atoms with Crippen molar-refractivity contribution in [1.29, 1.82) is 0 Å². The summed E-state index contributed by atoms with van der Waals surface area (Å²) in [5.41, 5.74) is 3.62. The molecule has 3 N–H and O–H groups in total. The molecule has 0 bridgehead atoms. The Morgan fingerprint density at radius 1 is 1.07 bits per heavy atom. The van der Waals surface area contributed by atoms with E-state index in [0.29, 0.717) is 12.3 Å². The van der Waals surface area contributed by atoms with E-state index in [9.17, 15) is 22.4 Å². The molecule has 0 aliphatic carbocycles. The summed E-state index contributed by atoms with van der Waals surface area (Å²) in [5, 5.41) is 0. The average Bonchev–Trinajstić information content (AvgIpc) is 3.18. The Morgan fingerprint density at radius 3 is 2.34 bits per heavy atom. The molecule has 0 radical (unpaired) electrons. The van der Waals surface area contributed by atoms with Crippen LogP contribution in [0.5, 0.6) is 0 Å². The van der Waals surface area contributed by atoms with Gasteiger partial charge >= 0.3 is 5.91 Å². The lowest BCUT2D eigenvalue weighted by Gasteiger charge is -2.15. The molecule has 2 aromatic rings. The van der Waals surface area contributed by atoms with Crippen molar-refractivity contribution in [3.63, 3.8) is 0 Å². The highest BCUT2D eigenvalue weighted by Gasteiger charge is 2.19. The Kier molecular flexibility index (Phi) is 7.48. The summed E-state index contributed by atoms with van der Waals surface area (Å²) >= 11 is 0. The summed E-state index contributed by atoms with van der Waals surface area (Å²) in [7, 11) is -2.67. The number of furan rings is 1. The number of hydrazine groups is 1. The van der Waals surface area contributed by atoms with Crippen molar-refractivity contribution in [2.45, 2.75) is 25.3 Å². The Hall–Kier alpha value is -2.76. The third-order valence-corrected chi connectivity index (χ3v) is 5.62. The van der Waals surface area contributed by atoms with Crippen LogP contribution in [0.3, 0.4) is 0 Å². The maximum absolute atomic E-state index is 13.9. The van der Waals surface area contributed by atoms with Crippen molar-refractivity contribution in [3.05, 3.63) is 53.2 Å². The number of hydrogen-bond acceptors (Lipinski definition) is 6. The van der Waals surface area contributed by atoms with E-state index in [-0.39, 0.29) is 10.7 Å². The summed E-state index contributed by atoms with van der Waals surface area (Å²) in [5.74, 6) is -2.13. The van der Waals surface area contributed by atoms with Crippen molar-refractivity contribution in [3.8, 4) is 0 Å². The zero-order valence-electron chi connectivity index (χ0n) is 16.3. The molecule has 2 rings (SSSR count). The van der Waals surface area contributed by atoms with Crippen LogP contribution in [0.25, 0.3) is 0 Å². The molecule has 1 aromatic carbocycles. The third kappa shape index (κ3) is 5.62. The van der Waals surface area contributed by atoms with Gasteiger partial charge in [0.15, 0.2) is 5.76 Å². The summed E-state index contributed by atoms with van der Waals surface area (Å²) in [6, 6.07) is 5.86. The van der Waals surface area contributed by atoms with Gasteiger partial charge < -0.3 is 4.42 Å². The molecular weight excluding hydrogens is 403 g/mol. The van der Waals surface area contributed by atoms with Crippen LogP contribution in [0, 0.1) is 5.82 Å². The second-order valence-electron chi connectivity index (χ2n) is 5.98. The number of nitrogens with zero attached hydrogens (tertiary/aromatic N) is 1. The van der Waals surface area contributed by atoms with E-state index < -0.39 is 33.2 Å². The van der Waals surface area contributed by atoms with Gasteiger partial charge in [-0.25, -0.2) is 17.5 Å². The Bertz CT molecular complexity index is 986. The van der Waals surface area contributed by atoms with Gasteiger partial charge in [-0.05, 0) is 50.5 Å². The summed E-state index contributed by atoms with van der Waals surface area (Å²) in [4.78, 5) is 26.1. The quantitative estimate of drug-likeness (QED) is 0.546. The molecule has 0 saturated carbocycles. The van der Waals surface area contributed by atoms with Gasteiger partial charge in [-0.1, -0.05) is 13.8 Å². The highest BCUT2D eigenvalue weighted by molar-refractivity contribution is 7.89. The monoisotopic (exact) mass is 426 g/mol. The zero-order chi connectivity index (χ0) is 21.6. The molecule has 0 fully saturated rings. The summed E-state index contributed by atoms with van der Waals surface area (Å²) in [6.07, 6.45) is 0. The van der Waals surface area contributed by atoms with E-state index in [0.717, 1.165) is 31.3 Å². The van der Waals surface area contributed by atoms with E-state index in [1.54, 1.807) is 6.07 Å². The molecule has 0 aliphatic rings. The molecule has 0 saturated heterocycles. The SMILES string of the molecule is CCN(CC)Cc1ccc(C(=O)NNC(=O)c2cc(S(=O)(=O)NC)ccc2F)o1. The second-order valence-corrected chi connectivity index (χ2v) is 7.87. The van der Waals surface area contributed by atoms with Crippen LogP contribution >= 0.6 is 0 Å². The van der Waals surface area contributed by atoms with E-state index in [1.807, 2.05) is 19.3 Å². The lowest BCUT2D eigenvalue weighted by Crippen LogP contribution is -2.41. The van der Waals surface area contributed by atoms with Crippen LogP contribution in [-0.4, -0.2) is 45.3 Å². The maximum atomic E-state index is 13.9. The lowest BCUT2D eigenvalue weighted by atomic mass is 10.2. The van der Waals surface area contributed by atoms with Crippen molar-refractivity contribution in [2.24, 2.45) is 0 Å². The van der Waals surface area contributed by atoms with E-state index in [2.05, 4.69) is 15.0 Å². The molecule has 0 atom stereocenters. The number of rotatable bonds is 8. The number of nitrogens with one attached hydrogen (secondary N) is 3. The second kappa shape index (κ2) is 9.63. The number of halogens is 1. The van der Waals surface area contributed by atoms with Gasteiger partial charge in [0.05, 0.1) is 17.0 Å². The molecule has 11 heteroatoms. The first kappa shape index (κ1) is 22.5. The third-order valence-electron chi connectivity index (χ3n) is 4.21. The van der Waals surface area contributed by atoms with E-state index >= 15 is 0 Å². The summed E-state index contributed by atoms with van der Waals surface area (Å²) in [6.45, 7) is 6.19. The molecule has 1 aromatic heterocycles. The molecule has 2 amide bonds. The first-order valence-corrected chi connectivity index (χ1v) is 10.3. The molecule has 0 aliphatic heterocycles. The maximum Gasteiger partial charge on any atom is 0.305 e.